The molecule has 0 aliphatic rings. The molecule has 0 saturated carbocycles. The van der Waals surface area contributed by atoms with E-state index in [1.54, 1.807) is 25.1 Å². The van der Waals surface area contributed by atoms with Crippen molar-refractivity contribution in [1.82, 2.24) is 19.7 Å². The molecule has 1 atom stereocenters. The minimum absolute atomic E-state index is 0.100. The van der Waals surface area contributed by atoms with Crippen LogP contribution >= 0.6 is 0 Å². The number of rotatable bonds is 7. The fourth-order valence-electron chi connectivity index (χ4n) is 3.90. The highest BCUT2D eigenvalue weighted by molar-refractivity contribution is 5.78. The maximum Gasteiger partial charge on any atom is 0.416 e. The van der Waals surface area contributed by atoms with Gasteiger partial charge in [0, 0.05) is 6.42 Å². The molecule has 4 aromatic rings. The smallest absolute Gasteiger partial charge is 0.416 e. The average molecular weight is 508 g/mol. The molecule has 1 N–H and O–H groups in total. The molecule has 0 amide bonds. The summed E-state index contributed by atoms with van der Waals surface area (Å²) in [4.78, 5) is 19.7. The van der Waals surface area contributed by atoms with Crippen molar-refractivity contribution in [3.8, 4) is 11.5 Å². The molecule has 0 saturated heterocycles. The van der Waals surface area contributed by atoms with Crippen molar-refractivity contribution in [2.45, 2.75) is 32.0 Å². The molecule has 0 aliphatic carbocycles. The van der Waals surface area contributed by atoms with Crippen molar-refractivity contribution in [2.75, 3.05) is 14.2 Å². The third kappa shape index (κ3) is 4.75. The number of aromatic nitrogens is 4. The molecule has 0 radical (unpaired) electrons. The number of hydrogen-bond donors (Lipinski definition) is 1. The Morgan fingerprint density at radius 3 is 2.28 bits per heavy atom. The van der Waals surface area contributed by atoms with E-state index in [1.165, 1.54) is 26.4 Å². The van der Waals surface area contributed by atoms with E-state index in [0.29, 0.717) is 22.6 Å². The van der Waals surface area contributed by atoms with Crippen LogP contribution in [0.25, 0.3) is 11.0 Å². The topological polar surface area (TPSA) is 82.0 Å². The zero-order chi connectivity index (χ0) is 26.2. The van der Waals surface area contributed by atoms with Gasteiger partial charge in [0.1, 0.15) is 16.9 Å². The van der Waals surface area contributed by atoms with Crippen LogP contribution in [-0.2, 0) is 12.6 Å². The van der Waals surface area contributed by atoms with Gasteiger partial charge in [-0.05, 0) is 42.3 Å². The van der Waals surface area contributed by atoms with Crippen LogP contribution in [0.5, 0.6) is 11.5 Å². The Balaban J connectivity index is 1.79. The van der Waals surface area contributed by atoms with E-state index >= 15 is 0 Å². The lowest BCUT2D eigenvalue weighted by atomic mass is 10.1. The summed E-state index contributed by atoms with van der Waals surface area (Å²) < 4.78 is 77.9. The normalized spacial score (nSPS) is 12.8. The summed E-state index contributed by atoms with van der Waals surface area (Å²) in [6.45, 7) is 1.57. The lowest BCUT2D eigenvalue weighted by molar-refractivity contribution is -0.137. The minimum atomic E-state index is -4.52. The molecule has 0 unspecified atom stereocenters. The van der Waals surface area contributed by atoms with Crippen molar-refractivity contribution < 1.29 is 31.4 Å². The Kier molecular flexibility index (Phi) is 6.70. The molecule has 0 spiro atoms. The molecule has 7 nitrogen and oxygen atoms in total. The number of nitrogens with zero attached hydrogens (tertiary/aromatic N) is 3. The quantitative estimate of drug-likeness (QED) is 0.343. The van der Waals surface area contributed by atoms with Crippen molar-refractivity contribution in [3.05, 3.63) is 81.0 Å². The van der Waals surface area contributed by atoms with Gasteiger partial charge in [0.25, 0.3) is 12.0 Å². The van der Waals surface area contributed by atoms with Crippen LogP contribution in [0.3, 0.4) is 0 Å². The number of hydrogen-bond acceptors (Lipinski definition) is 5. The van der Waals surface area contributed by atoms with Crippen LogP contribution in [0.2, 0.25) is 0 Å². The molecule has 36 heavy (non-hydrogen) atoms. The number of alkyl halides is 5. The number of fused-ring (bicyclic) bond motifs is 1. The Morgan fingerprint density at radius 1 is 1.03 bits per heavy atom. The second kappa shape index (κ2) is 9.59. The number of nitrogens with one attached hydrogen (secondary N) is 1. The fourth-order valence-corrected chi connectivity index (χ4v) is 3.90. The van der Waals surface area contributed by atoms with E-state index in [2.05, 4.69) is 15.1 Å². The standard InChI is InChI=1S/C24H21F5N4O3/c1-12(14-5-7-15(8-6-14)24(27,28)29)33-22-19(20(32-33)21(25)26)23(34)31-18(30-22)11-13-4-9-16(35-2)17(10-13)36-3/h4-10,12,21H,11H2,1-3H3,(H,30,31,34)/t12-/m0/s1. The predicted octanol–water partition coefficient (Wildman–Crippen LogP) is 5.29. The molecule has 190 valence electrons. The molecule has 0 aliphatic heterocycles. The molecule has 4 rings (SSSR count). The van der Waals surface area contributed by atoms with E-state index in [4.69, 9.17) is 9.47 Å². The largest absolute Gasteiger partial charge is 0.493 e. The first-order valence-electron chi connectivity index (χ1n) is 10.7. The highest BCUT2D eigenvalue weighted by atomic mass is 19.4. The predicted molar refractivity (Wildman–Crippen MR) is 121 cm³/mol. The van der Waals surface area contributed by atoms with Gasteiger partial charge in [-0.15, -0.1) is 0 Å². The number of benzene rings is 2. The molecular weight excluding hydrogens is 487 g/mol. The van der Waals surface area contributed by atoms with Crippen LogP contribution in [-0.4, -0.2) is 34.0 Å². The summed E-state index contributed by atoms with van der Waals surface area (Å²) in [5.74, 6) is 1.14. The van der Waals surface area contributed by atoms with E-state index in [1.807, 2.05) is 0 Å². The number of halogens is 5. The maximum absolute atomic E-state index is 13.7. The number of H-pyrrole nitrogens is 1. The molecule has 2 aromatic carbocycles. The number of methoxy groups -OCH3 is 2. The van der Waals surface area contributed by atoms with Gasteiger partial charge in [0.05, 0.1) is 25.8 Å². The molecular formula is C24H21F5N4O3. The number of aromatic amines is 1. The van der Waals surface area contributed by atoms with Gasteiger partial charge in [0.15, 0.2) is 17.1 Å². The first-order chi connectivity index (χ1) is 17.0. The summed E-state index contributed by atoms with van der Waals surface area (Å²) in [5.41, 5.74) is -1.42. The zero-order valence-electron chi connectivity index (χ0n) is 19.4. The Bertz CT molecular complexity index is 1450. The second-order valence-corrected chi connectivity index (χ2v) is 8.00. The van der Waals surface area contributed by atoms with E-state index < -0.39 is 35.5 Å². The molecule has 2 heterocycles. The Hall–Kier alpha value is -3.96. The Morgan fingerprint density at radius 2 is 1.69 bits per heavy atom. The zero-order valence-corrected chi connectivity index (χ0v) is 19.4. The van der Waals surface area contributed by atoms with Crippen LogP contribution in [0.1, 0.15) is 47.6 Å². The first-order valence-corrected chi connectivity index (χ1v) is 10.7. The van der Waals surface area contributed by atoms with E-state index in [0.717, 1.165) is 16.8 Å². The van der Waals surface area contributed by atoms with Crippen LogP contribution in [0.4, 0.5) is 22.0 Å². The third-order valence-corrected chi connectivity index (χ3v) is 5.75. The van der Waals surface area contributed by atoms with Gasteiger partial charge in [0.2, 0.25) is 0 Å². The summed E-state index contributed by atoms with van der Waals surface area (Å²) in [6, 6.07) is 8.58. The highest BCUT2D eigenvalue weighted by Crippen LogP contribution is 2.32. The van der Waals surface area contributed by atoms with Crippen molar-refractivity contribution >= 4 is 11.0 Å². The van der Waals surface area contributed by atoms with Crippen LogP contribution < -0.4 is 15.0 Å². The monoisotopic (exact) mass is 508 g/mol. The summed E-state index contributed by atoms with van der Waals surface area (Å²) in [7, 11) is 2.96. The van der Waals surface area contributed by atoms with Crippen molar-refractivity contribution in [2.24, 2.45) is 0 Å². The summed E-state index contributed by atoms with van der Waals surface area (Å²) in [6.07, 6.45) is -7.44. The van der Waals surface area contributed by atoms with Crippen molar-refractivity contribution in [1.29, 1.82) is 0 Å². The van der Waals surface area contributed by atoms with Crippen LogP contribution in [0.15, 0.2) is 47.3 Å². The van der Waals surface area contributed by atoms with Gasteiger partial charge in [-0.2, -0.15) is 18.3 Å². The van der Waals surface area contributed by atoms with E-state index in [9.17, 15) is 26.7 Å². The second-order valence-electron chi connectivity index (χ2n) is 8.00. The van der Waals surface area contributed by atoms with Gasteiger partial charge in [-0.3, -0.25) is 4.79 Å². The van der Waals surface area contributed by atoms with Crippen LogP contribution in [0, 0.1) is 0 Å². The number of ether oxygens (including phenoxy) is 2. The third-order valence-electron chi connectivity index (χ3n) is 5.75. The molecule has 0 fully saturated rings. The molecule has 2 aromatic heterocycles. The fraction of sp³-hybridized carbons (Fsp3) is 0.292. The molecule has 0 bridgehead atoms. The van der Waals surface area contributed by atoms with Gasteiger partial charge in [-0.1, -0.05) is 18.2 Å². The molecule has 12 heteroatoms. The van der Waals surface area contributed by atoms with Crippen molar-refractivity contribution in [3.63, 3.8) is 0 Å². The SMILES string of the molecule is COc1ccc(Cc2nc3c(c(C(F)F)nn3[C@@H](C)c3ccc(C(F)(F)F)cc3)c(=O)[nH]2)cc1OC. The minimum Gasteiger partial charge on any atom is -0.493 e. The average Bonchev–Trinajstić information content (AvgIpc) is 3.23. The Labute approximate surface area is 201 Å². The summed E-state index contributed by atoms with van der Waals surface area (Å²) in [5, 5.41) is 3.55. The van der Waals surface area contributed by atoms with Gasteiger partial charge < -0.3 is 14.5 Å². The van der Waals surface area contributed by atoms with Gasteiger partial charge in [-0.25, -0.2) is 18.4 Å². The first kappa shape index (κ1) is 25.1. The maximum atomic E-state index is 13.7. The lowest BCUT2D eigenvalue weighted by Gasteiger charge is -2.15. The summed E-state index contributed by atoms with van der Waals surface area (Å²) >= 11 is 0. The lowest BCUT2D eigenvalue weighted by Crippen LogP contribution is -2.15. The van der Waals surface area contributed by atoms with Gasteiger partial charge >= 0.3 is 6.18 Å². The van der Waals surface area contributed by atoms with E-state index in [-0.39, 0.29) is 23.3 Å². The highest BCUT2D eigenvalue weighted by Gasteiger charge is 2.31.